The van der Waals surface area contributed by atoms with Gasteiger partial charge < -0.3 is 10.2 Å². The first kappa shape index (κ1) is 13.9. The number of likely N-dealkylation sites (N-methyl/N-ethyl adjacent to an activating group) is 1. The molecule has 6 heteroatoms. The van der Waals surface area contributed by atoms with E-state index in [4.69, 9.17) is 5.14 Å². The Morgan fingerprint density at radius 1 is 1.31 bits per heavy atom. The Kier molecular flexibility index (Phi) is 4.73. The summed E-state index contributed by atoms with van der Waals surface area (Å²) >= 11 is 0. The number of primary sulfonamides is 1. The predicted molar refractivity (Wildman–Crippen MR) is 65.7 cm³/mol. The average Bonchev–Trinajstić information content (AvgIpc) is 2.60. The molecule has 0 atom stereocenters. The summed E-state index contributed by atoms with van der Waals surface area (Å²) in [7, 11) is 0.844. The molecule has 0 aromatic rings. The highest BCUT2D eigenvalue weighted by Crippen LogP contribution is 2.32. The second-order valence-corrected chi connectivity index (χ2v) is 6.60. The Bertz CT molecular complexity index is 308. The topological polar surface area (TPSA) is 75.4 Å². The normalized spacial score (nSPS) is 20.5. The molecule has 0 saturated heterocycles. The molecule has 3 N–H and O–H groups in total. The molecule has 0 aromatic carbocycles. The molecule has 1 saturated carbocycles. The van der Waals surface area contributed by atoms with Gasteiger partial charge in [0.1, 0.15) is 0 Å². The van der Waals surface area contributed by atoms with E-state index in [0.29, 0.717) is 6.54 Å². The van der Waals surface area contributed by atoms with Crippen LogP contribution < -0.4 is 10.5 Å². The lowest BCUT2D eigenvalue weighted by molar-refractivity contribution is 0.155. The summed E-state index contributed by atoms with van der Waals surface area (Å²) in [4.78, 5) is 2.25. The number of hydrogen-bond acceptors (Lipinski definition) is 4. The van der Waals surface area contributed by atoms with Gasteiger partial charge in [-0.1, -0.05) is 12.8 Å². The molecule has 0 spiro atoms. The van der Waals surface area contributed by atoms with Gasteiger partial charge in [-0.05, 0) is 26.9 Å². The van der Waals surface area contributed by atoms with Gasteiger partial charge >= 0.3 is 0 Å². The minimum atomic E-state index is -3.34. The van der Waals surface area contributed by atoms with Crippen molar-refractivity contribution in [3.05, 3.63) is 0 Å². The van der Waals surface area contributed by atoms with Crippen LogP contribution in [-0.2, 0) is 10.0 Å². The van der Waals surface area contributed by atoms with Crippen molar-refractivity contribution in [1.29, 1.82) is 0 Å². The summed E-state index contributed by atoms with van der Waals surface area (Å²) in [5, 5.41) is 8.15. The lowest BCUT2D eigenvalue weighted by Gasteiger charge is -2.36. The molecular weight excluding hydrogens is 226 g/mol. The fourth-order valence-electron chi connectivity index (χ4n) is 2.35. The van der Waals surface area contributed by atoms with Gasteiger partial charge in [-0.2, -0.15) is 0 Å². The van der Waals surface area contributed by atoms with E-state index < -0.39 is 10.0 Å². The zero-order chi connectivity index (χ0) is 12.2. The van der Waals surface area contributed by atoms with Gasteiger partial charge in [-0.3, -0.25) is 0 Å². The smallest absolute Gasteiger partial charge is 0.210 e. The first-order valence-electron chi connectivity index (χ1n) is 5.74. The lowest BCUT2D eigenvalue weighted by Crippen LogP contribution is -2.50. The Balaban J connectivity index is 2.35. The highest BCUT2D eigenvalue weighted by Gasteiger charge is 2.35. The molecule has 0 unspecified atom stereocenters. The first-order chi connectivity index (χ1) is 7.36. The molecule has 1 aliphatic carbocycles. The van der Waals surface area contributed by atoms with E-state index in [2.05, 4.69) is 24.3 Å². The van der Waals surface area contributed by atoms with Crippen LogP contribution in [0.5, 0.6) is 0 Å². The van der Waals surface area contributed by atoms with Crippen molar-refractivity contribution in [3.63, 3.8) is 0 Å². The van der Waals surface area contributed by atoms with Gasteiger partial charge in [0.05, 0.1) is 5.75 Å². The maximum atomic E-state index is 10.8. The van der Waals surface area contributed by atoms with Gasteiger partial charge in [0, 0.05) is 18.6 Å². The van der Waals surface area contributed by atoms with E-state index >= 15 is 0 Å². The summed E-state index contributed by atoms with van der Waals surface area (Å²) in [6.07, 6.45) is 4.88. The third-order valence-electron chi connectivity index (χ3n) is 3.50. The standard InChI is InChI=1S/C10H23N3O2S/c1-13(2)10(5-3-4-6-10)9-12-7-8-16(11,14)15/h12H,3-9H2,1-2H3,(H2,11,14,15). The minimum Gasteiger partial charge on any atom is -0.314 e. The zero-order valence-corrected chi connectivity index (χ0v) is 11.0. The predicted octanol–water partition coefficient (Wildman–Crippen LogP) is -0.261. The molecule has 1 aliphatic rings. The molecule has 0 heterocycles. The molecular formula is C10H23N3O2S. The average molecular weight is 249 g/mol. The second-order valence-electron chi connectivity index (χ2n) is 4.87. The van der Waals surface area contributed by atoms with E-state index in [1.165, 1.54) is 25.7 Å². The van der Waals surface area contributed by atoms with E-state index in [9.17, 15) is 8.42 Å². The second kappa shape index (κ2) is 5.44. The van der Waals surface area contributed by atoms with Crippen molar-refractivity contribution in [2.45, 2.75) is 31.2 Å². The minimum absolute atomic E-state index is 0.0104. The molecule has 0 aliphatic heterocycles. The Labute approximate surface area is 98.4 Å². The lowest BCUT2D eigenvalue weighted by atomic mass is 9.96. The summed E-state index contributed by atoms with van der Waals surface area (Å²) in [5.41, 5.74) is 0.207. The van der Waals surface area contributed by atoms with Crippen molar-refractivity contribution in [2.75, 3.05) is 32.9 Å². The van der Waals surface area contributed by atoms with Crippen molar-refractivity contribution < 1.29 is 8.42 Å². The van der Waals surface area contributed by atoms with Gasteiger partial charge in [0.2, 0.25) is 10.0 Å². The van der Waals surface area contributed by atoms with Crippen molar-refractivity contribution >= 4 is 10.0 Å². The highest BCUT2D eigenvalue weighted by molar-refractivity contribution is 7.89. The van der Waals surface area contributed by atoms with Crippen molar-refractivity contribution in [1.82, 2.24) is 10.2 Å². The van der Waals surface area contributed by atoms with Crippen LogP contribution in [0.4, 0.5) is 0 Å². The van der Waals surface area contributed by atoms with E-state index in [0.717, 1.165) is 6.54 Å². The first-order valence-corrected chi connectivity index (χ1v) is 7.46. The molecule has 0 radical (unpaired) electrons. The van der Waals surface area contributed by atoms with Crippen LogP contribution >= 0.6 is 0 Å². The summed E-state index contributed by atoms with van der Waals surface area (Å²) < 4.78 is 21.5. The largest absolute Gasteiger partial charge is 0.314 e. The molecule has 0 bridgehead atoms. The molecule has 0 amide bonds. The van der Waals surface area contributed by atoms with Crippen LogP contribution in [0.15, 0.2) is 0 Å². The summed E-state index contributed by atoms with van der Waals surface area (Å²) in [6, 6.07) is 0. The zero-order valence-electron chi connectivity index (χ0n) is 10.2. The fourth-order valence-corrected chi connectivity index (χ4v) is 2.78. The maximum Gasteiger partial charge on any atom is 0.210 e. The van der Waals surface area contributed by atoms with Gasteiger partial charge in [-0.25, -0.2) is 13.6 Å². The van der Waals surface area contributed by atoms with Crippen LogP contribution in [-0.4, -0.2) is 51.8 Å². The Morgan fingerprint density at radius 2 is 1.88 bits per heavy atom. The number of hydrogen-bond donors (Lipinski definition) is 2. The molecule has 16 heavy (non-hydrogen) atoms. The Morgan fingerprint density at radius 3 is 2.31 bits per heavy atom. The maximum absolute atomic E-state index is 10.8. The van der Waals surface area contributed by atoms with Crippen molar-refractivity contribution in [3.8, 4) is 0 Å². The number of nitrogens with two attached hydrogens (primary N) is 1. The van der Waals surface area contributed by atoms with Gasteiger partial charge in [0.15, 0.2) is 0 Å². The van der Waals surface area contributed by atoms with Crippen molar-refractivity contribution in [2.24, 2.45) is 5.14 Å². The molecule has 1 fully saturated rings. The van der Waals surface area contributed by atoms with Crippen LogP contribution in [0.25, 0.3) is 0 Å². The number of nitrogens with one attached hydrogen (secondary N) is 1. The molecule has 0 aromatic heterocycles. The number of sulfonamides is 1. The summed E-state index contributed by atoms with van der Waals surface area (Å²) in [6.45, 7) is 1.28. The van der Waals surface area contributed by atoms with Gasteiger partial charge in [0.25, 0.3) is 0 Å². The van der Waals surface area contributed by atoms with E-state index in [-0.39, 0.29) is 11.3 Å². The SMILES string of the molecule is CN(C)C1(CNCCS(N)(=O)=O)CCCC1. The number of nitrogens with zero attached hydrogens (tertiary/aromatic N) is 1. The highest BCUT2D eigenvalue weighted by atomic mass is 32.2. The third-order valence-corrected chi connectivity index (χ3v) is 4.27. The van der Waals surface area contributed by atoms with Crippen LogP contribution in [0.1, 0.15) is 25.7 Å². The Hall–Kier alpha value is -0.170. The quantitative estimate of drug-likeness (QED) is 0.636. The van der Waals surface area contributed by atoms with Crippen LogP contribution in [0.2, 0.25) is 0 Å². The van der Waals surface area contributed by atoms with E-state index in [1.54, 1.807) is 0 Å². The molecule has 96 valence electrons. The monoisotopic (exact) mass is 249 g/mol. The number of rotatable bonds is 6. The molecule has 1 rings (SSSR count). The summed E-state index contributed by atoms with van der Waals surface area (Å²) in [5.74, 6) is 0.0104. The van der Waals surface area contributed by atoms with Gasteiger partial charge in [-0.15, -0.1) is 0 Å². The fraction of sp³-hybridized carbons (Fsp3) is 1.00. The van der Waals surface area contributed by atoms with E-state index in [1.807, 2.05) is 0 Å². The van der Waals surface area contributed by atoms with Crippen LogP contribution in [0, 0.1) is 0 Å². The van der Waals surface area contributed by atoms with Crippen LogP contribution in [0.3, 0.4) is 0 Å². The molecule has 5 nitrogen and oxygen atoms in total. The third kappa shape index (κ3) is 4.01.